The summed E-state index contributed by atoms with van der Waals surface area (Å²) < 4.78 is 0.787. The van der Waals surface area contributed by atoms with E-state index in [-0.39, 0.29) is 11.8 Å². The largest absolute Gasteiger partial charge is 0.323 e. The molecule has 0 bridgehead atoms. The normalized spacial score (nSPS) is 19.6. The maximum absolute atomic E-state index is 12.1. The van der Waals surface area contributed by atoms with E-state index in [1.54, 1.807) is 12.1 Å². The molecule has 1 fully saturated rings. The molecule has 98 valence electrons. The van der Waals surface area contributed by atoms with Crippen LogP contribution in [-0.2, 0) is 4.79 Å². The second kappa shape index (κ2) is 6.24. The average Bonchev–Trinajstić information content (AvgIpc) is 2.34. The second-order valence-corrected chi connectivity index (χ2v) is 6.01. The van der Waals surface area contributed by atoms with Crippen LogP contribution in [0.5, 0.6) is 0 Å². The Kier molecular flexibility index (Phi) is 4.90. The second-order valence-electron chi connectivity index (χ2n) is 4.28. The topological polar surface area (TPSA) is 41.1 Å². The van der Waals surface area contributed by atoms with Gasteiger partial charge in [0.25, 0.3) is 0 Å². The molecule has 2 rings (SSSR count). The molecule has 1 aromatic carbocycles. The van der Waals surface area contributed by atoms with E-state index in [0.717, 1.165) is 23.9 Å². The molecule has 1 aliphatic rings. The van der Waals surface area contributed by atoms with Gasteiger partial charge in [0.2, 0.25) is 5.91 Å². The first-order valence-electron chi connectivity index (χ1n) is 5.74. The highest BCUT2D eigenvalue weighted by molar-refractivity contribution is 9.10. The predicted molar refractivity (Wildman–Crippen MR) is 78.4 cm³/mol. The van der Waals surface area contributed by atoms with Gasteiger partial charge in [-0.1, -0.05) is 39.1 Å². The van der Waals surface area contributed by atoms with E-state index >= 15 is 0 Å². The summed E-state index contributed by atoms with van der Waals surface area (Å²) in [7, 11) is 0. The Hall–Kier alpha value is -0.290. The number of nitrogens with one attached hydrogen (secondary N) is 2. The highest BCUT2D eigenvalue weighted by Gasteiger charge is 2.22. The number of rotatable bonds is 2. The van der Waals surface area contributed by atoms with E-state index in [1.807, 2.05) is 0 Å². The van der Waals surface area contributed by atoms with Gasteiger partial charge in [-0.25, -0.2) is 0 Å². The zero-order valence-electron chi connectivity index (χ0n) is 9.60. The van der Waals surface area contributed by atoms with Gasteiger partial charge in [0.15, 0.2) is 0 Å². The van der Waals surface area contributed by atoms with E-state index < -0.39 is 0 Å². The lowest BCUT2D eigenvalue weighted by molar-refractivity contribution is -0.120. The van der Waals surface area contributed by atoms with E-state index in [0.29, 0.717) is 22.3 Å². The summed E-state index contributed by atoms with van der Waals surface area (Å²) >= 11 is 15.4. The molecule has 1 amide bonds. The lowest BCUT2D eigenvalue weighted by Crippen LogP contribution is -2.37. The maximum Gasteiger partial charge on any atom is 0.228 e. The van der Waals surface area contributed by atoms with Gasteiger partial charge in [-0.05, 0) is 31.5 Å². The number of halogens is 3. The number of hydrogen-bond donors (Lipinski definition) is 2. The van der Waals surface area contributed by atoms with Crippen LogP contribution in [0.2, 0.25) is 10.0 Å². The Morgan fingerprint density at radius 3 is 2.61 bits per heavy atom. The number of piperidine rings is 1. The summed E-state index contributed by atoms with van der Waals surface area (Å²) in [6.07, 6.45) is 1.91. The first kappa shape index (κ1) is 14.1. The van der Waals surface area contributed by atoms with Crippen molar-refractivity contribution in [3.05, 3.63) is 26.7 Å². The minimum atomic E-state index is -0.0340. The van der Waals surface area contributed by atoms with E-state index in [4.69, 9.17) is 23.2 Å². The predicted octanol–water partition coefficient (Wildman–Crippen LogP) is 3.69. The third-order valence-electron chi connectivity index (χ3n) is 2.92. The van der Waals surface area contributed by atoms with Crippen molar-refractivity contribution in [2.75, 3.05) is 18.4 Å². The zero-order chi connectivity index (χ0) is 13.1. The van der Waals surface area contributed by atoms with Crippen LogP contribution in [0.3, 0.4) is 0 Å². The molecule has 1 aromatic rings. The van der Waals surface area contributed by atoms with Crippen LogP contribution in [0, 0.1) is 5.92 Å². The quantitative estimate of drug-likeness (QED) is 0.853. The van der Waals surface area contributed by atoms with Crippen molar-refractivity contribution in [1.82, 2.24) is 5.32 Å². The highest BCUT2D eigenvalue weighted by atomic mass is 79.9. The van der Waals surface area contributed by atoms with Crippen molar-refractivity contribution in [1.29, 1.82) is 0 Å². The average molecular weight is 352 g/mol. The van der Waals surface area contributed by atoms with Crippen LogP contribution in [-0.4, -0.2) is 19.0 Å². The molecule has 0 saturated carbocycles. The van der Waals surface area contributed by atoms with Gasteiger partial charge in [-0.2, -0.15) is 0 Å². The summed E-state index contributed by atoms with van der Waals surface area (Å²) in [5.74, 6) is -0.0529. The van der Waals surface area contributed by atoms with Gasteiger partial charge in [0.1, 0.15) is 0 Å². The Balaban J connectivity index is 2.11. The van der Waals surface area contributed by atoms with Gasteiger partial charge in [0.05, 0.1) is 21.7 Å². The molecule has 6 heteroatoms. The molecule has 1 atom stereocenters. The molecule has 18 heavy (non-hydrogen) atoms. The maximum atomic E-state index is 12.1. The highest BCUT2D eigenvalue weighted by Crippen LogP contribution is 2.34. The van der Waals surface area contributed by atoms with Crippen LogP contribution in [0.1, 0.15) is 12.8 Å². The van der Waals surface area contributed by atoms with Crippen molar-refractivity contribution < 1.29 is 4.79 Å². The minimum Gasteiger partial charge on any atom is -0.323 e. The van der Waals surface area contributed by atoms with Gasteiger partial charge >= 0.3 is 0 Å². The lowest BCUT2D eigenvalue weighted by Gasteiger charge is -2.22. The van der Waals surface area contributed by atoms with Gasteiger partial charge in [-0.3, -0.25) is 4.79 Å². The first-order chi connectivity index (χ1) is 8.58. The summed E-state index contributed by atoms with van der Waals surface area (Å²) in [5, 5.41) is 6.89. The fraction of sp³-hybridized carbons (Fsp3) is 0.417. The van der Waals surface area contributed by atoms with Crippen molar-refractivity contribution in [2.24, 2.45) is 5.92 Å². The van der Waals surface area contributed by atoms with Gasteiger partial charge in [-0.15, -0.1) is 0 Å². The number of benzene rings is 1. The van der Waals surface area contributed by atoms with Crippen LogP contribution < -0.4 is 10.6 Å². The van der Waals surface area contributed by atoms with E-state index in [1.165, 1.54) is 0 Å². The Morgan fingerprint density at radius 2 is 2.06 bits per heavy atom. The van der Waals surface area contributed by atoms with Crippen LogP contribution in [0.25, 0.3) is 0 Å². The number of amides is 1. The minimum absolute atomic E-state index is 0.0190. The van der Waals surface area contributed by atoms with E-state index in [9.17, 15) is 4.79 Å². The van der Waals surface area contributed by atoms with Crippen LogP contribution >= 0.6 is 39.1 Å². The van der Waals surface area contributed by atoms with Gasteiger partial charge in [0, 0.05) is 11.0 Å². The number of carbonyl (C=O) groups excluding carboxylic acids is 1. The van der Waals surface area contributed by atoms with Crippen LogP contribution in [0.15, 0.2) is 16.6 Å². The van der Waals surface area contributed by atoms with Crippen molar-refractivity contribution in [3.8, 4) is 0 Å². The molecule has 2 N–H and O–H groups in total. The van der Waals surface area contributed by atoms with Gasteiger partial charge < -0.3 is 10.6 Å². The summed E-state index contributed by atoms with van der Waals surface area (Å²) in [6, 6.07) is 3.42. The summed E-state index contributed by atoms with van der Waals surface area (Å²) in [4.78, 5) is 12.1. The molecule has 0 spiro atoms. The van der Waals surface area contributed by atoms with Crippen LogP contribution in [0.4, 0.5) is 5.69 Å². The third kappa shape index (κ3) is 3.38. The van der Waals surface area contributed by atoms with Crippen molar-refractivity contribution in [2.45, 2.75) is 12.8 Å². The molecule has 0 radical (unpaired) electrons. The molecule has 0 aliphatic carbocycles. The number of anilines is 1. The monoisotopic (exact) mass is 350 g/mol. The summed E-state index contributed by atoms with van der Waals surface area (Å²) in [6.45, 7) is 1.68. The molecular weight excluding hydrogens is 339 g/mol. The fourth-order valence-electron chi connectivity index (χ4n) is 1.96. The number of hydrogen-bond acceptors (Lipinski definition) is 2. The standard InChI is InChI=1S/C12H13BrCl2N2O/c13-8-4-9(14)11(10(15)5-8)17-12(18)7-2-1-3-16-6-7/h4-5,7,16H,1-3,6H2,(H,17,18). The SMILES string of the molecule is O=C(Nc1c(Cl)cc(Br)cc1Cl)C1CCCNC1. The third-order valence-corrected chi connectivity index (χ3v) is 3.98. The van der Waals surface area contributed by atoms with Crippen molar-refractivity contribution >= 4 is 50.7 Å². The van der Waals surface area contributed by atoms with E-state index in [2.05, 4.69) is 26.6 Å². The van der Waals surface area contributed by atoms with Crippen molar-refractivity contribution in [3.63, 3.8) is 0 Å². The zero-order valence-corrected chi connectivity index (χ0v) is 12.7. The molecular formula is C12H13BrCl2N2O. The number of carbonyl (C=O) groups is 1. The Morgan fingerprint density at radius 1 is 1.39 bits per heavy atom. The molecule has 1 heterocycles. The molecule has 1 unspecified atom stereocenters. The Bertz CT molecular complexity index is 438. The summed E-state index contributed by atoms with van der Waals surface area (Å²) in [5.41, 5.74) is 0.483. The Labute approximate surface area is 124 Å². The molecule has 0 aromatic heterocycles. The fourth-order valence-corrected chi connectivity index (χ4v) is 3.27. The first-order valence-corrected chi connectivity index (χ1v) is 7.29. The molecule has 1 saturated heterocycles. The smallest absolute Gasteiger partial charge is 0.228 e. The lowest BCUT2D eigenvalue weighted by atomic mass is 9.99. The molecule has 3 nitrogen and oxygen atoms in total. The molecule has 1 aliphatic heterocycles.